The molecule has 0 radical (unpaired) electrons. The average Bonchev–Trinajstić information content (AvgIpc) is 3.42. The van der Waals surface area contributed by atoms with Crippen LogP contribution in [0.5, 0.6) is 0 Å². The second kappa shape index (κ2) is 9.43. The molecule has 0 saturated carbocycles. The van der Waals surface area contributed by atoms with E-state index >= 15 is 0 Å². The van der Waals surface area contributed by atoms with Gasteiger partial charge < -0.3 is 4.90 Å². The maximum absolute atomic E-state index is 5.22. The molecule has 3 heterocycles. The van der Waals surface area contributed by atoms with E-state index < -0.39 is 0 Å². The lowest BCUT2D eigenvalue weighted by Gasteiger charge is -2.34. The van der Waals surface area contributed by atoms with Gasteiger partial charge in [0.05, 0.1) is 16.7 Å². The number of para-hydroxylation sites is 1. The lowest BCUT2D eigenvalue weighted by molar-refractivity contribution is 0.562. The van der Waals surface area contributed by atoms with Gasteiger partial charge >= 0.3 is 0 Å². The summed E-state index contributed by atoms with van der Waals surface area (Å²) in [5.74, 6) is 0.922. The Hall–Kier alpha value is -5.67. The number of hydrogen-bond acceptors (Lipinski definition) is 2. The molecule has 0 saturated heterocycles. The highest BCUT2D eigenvalue weighted by atomic mass is 15.3. The van der Waals surface area contributed by atoms with Crippen molar-refractivity contribution in [2.45, 2.75) is 0 Å². The first kappa shape index (κ1) is 24.0. The van der Waals surface area contributed by atoms with Gasteiger partial charge in [0.25, 0.3) is 0 Å². The van der Waals surface area contributed by atoms with E-state index in [1.807, 2.05) is 0 Å². The zero-order valence-corrected chi connectivity index (χ0v) is 23.5. The first-order chi connectivity index (χ1) is 21.3. The third-order valence-corrected chi connectivity index (χ3v) is 8.83. The molecule has 0 amide bonds. The second-order valence-corrected chi connectivity index (χ2v) is 11.2. The van der Waals surface area contributed by atoms with E-state index in [-0.39, 0.29) is 0 Å². The fourth-order valence-corrected chi connectivity index (χ4v) is 6.88. The number of allylic oxidation sites excluding steroid dienone is 3. The maximum atomic E-state index is 5.22. The van der Waals surface area contributed by atoms with E-state index in [1.165, 1.54) is 49.0 Å². The van der Waals surface area contributed by atoms with Crippen molar-refractivity contribution in [2.75, 3.05) is 6.54 Å². The lowest BCUT2D eigenvalue weighted by Crippen LogP contribution is -2.38. The van der Waals surface area contributed by atoms with Gasteiger partial charge in [0.1, 0.15) is 0 Å². The molecule has 6 aromatic carbocycles. The van der Waals surface area contributed by atoms with E-state index in [0.717, 1.165) is 34.9 Å². The highest BCUT2D eigenvalue weighted by Gasteiger charge is 2.28. The van der Waals surface area contributed by atoms with Crippen LogP contribution < -0.4 is 0 Å². The fourth-order valence-electron chi connectivity index (χ4n) is 6.88. The average molecular weight is 550 g/mol. The van der Waals surface area contributed by atoms with Crippen LogP contribution in [0.1, 0.15) is 5.56 Å². The van der Waals surface area contributed by atoms with E-state index in [0.29, 0.717) is 0 Å². The first-order valence-electron chi connectivity index (χ1n) is 14.8. The number of hydrogen-bond donors (Lipinski definition) is 0. The van der Waals surface area contributed by atoms with Crippen LogP contribution in [-0.4, -0.2) is 22.0 Å². The molecule has 0 atom stereocenters. The molecular formula is C40H27N3. The lowest BCUT2D eigenvalue weighted by atomic mass is 9.93. The normalized spacial score (nSPS) is 14.7. The Morgan fingerprint density at radius 3 is 2.21 bits per heavy atom. The molecule has 0 fully saturated rings. The van der Waals surface area contributed by atoms with Crippen molar-refractivity contribution >= 4 is 54.9 Å². The minimum absolute atomic E-state index is 0.757. The SMILES string of the molecule is C1=CCN2C(=C1)C(c1cccc(-c3cccc4ccccc34)c1)=CN=C2n1c2ccccc2c2c3ccccc3ccc21. The highest BCUT2D eigenvalue weighted by molar-refractivity contribution is 6.23. The van der Waals surface area contributed by atoms with Crippen molar-refractivity contribution in [3.8, 4) is 11.1 Å². The Bertz CT molecular complexity index is 2380. The number of rotatable bonds is 2. The zero-order chi connectivity index (χ0) is 28.3. The van der Waals surface area contributed by atoms with Crippen molar-refractivity contribution in [2.24, 2.45) is 4.99 Å². The van der Waals surface area contributed by atoms with Crippen LogP contribution in [-0.2, 0) is 0 Å². The molecule has 2 aliphatic heterocycles. The van der Waals surface area contributed by atoms with E-state index in [2.05, 4.69) is 161 Å². The summed E-state index contributed by atoms with van der Waals surface area (Å²) in [4.78, 5) is 7.56. The zero-order valence-electron chi connectivity index (χ0n) is 23.5. The molecule has 0 spiro atoms. The topological polar surface area (TPSA) is 20.5 Å². The van der Waals surface area contributed by atoms with Crippen LogP contribution in [0.15, 0.2) is 163 Å². The predicted octanol–water partition coefficient (Wildman–Crippen LogP) is 9.78. The summed E-state index contributed by atoms with van der Waals surface area (Å²) < 4.78 is 2.34. The standard InChI is InChI=1S/C40H27N3/c1-3-16-31-27(11-1)13-10-19-32(31)29-14-9-15-30(25-29)35-26-41-40(42-24-8-7-20-36(35)42)43-37-21-6-5-18-34(37)39-33-17-4-2-12-28(33)22-23-38(39)43/h1-23,25-26H,24H2. The Kier molecular flexibility index (Phi) is 5.26. The van der Waals surface area contributed by atoms with Gasteiger partial charge in [-0.3, -0.25) is 4.57 Å². The summed E-state index contributed by atoms with van der Waals surface area (Å²) >= 11 is 0. The van der Waals surface area contributed by atoms with E-state index in [9.17, 15) is 0 Å². The number of nitrogens with zero attached hydrogens (tertiary/aromatic N) is 3. The van der Waals surface area contributed by atoms with Gasteiger partial charge in [-0.2, -0.15) is 0 Å². The summed E-state index contributed by atoms with van der Waals surface area (Å²) in [6, 6.07) is 45.8. The Morgan fingerprint density at radius 2 is 1.30 bits per heavy atom. The van der Waals surface area contributed by atoms with Crippen LogP contribution in [0.2, 0.25) is 0 Å². The molecule has 3 nitrogen and oxygen atoms in total. The van der Waals surface area contributed by atoms with Crippen LogP contribution in [0.25, 0.3) is 60.1 Å². The van der Waals surface area contributed by atoms with Gasteiger partial charge in [0.2, 0.25) is 5.96 Å². The van der Waals surface area contributed by atoms with E-state index in [1.54, 1.807) is 0 Å². The van der Waals surface area contributed by atoms with Gasteiger partial charge in [-0.25, -0.2) is 4.99 Å². The smallest absolute Gasteiger partial charge is 0.215 e. The van der Waals surface area contributed by atoms with E-state index in [4.69, 9.17) is 4.99 Å². The number of benzene rings is 6. The predicted molar refractivity (Wildman–Crippen MR) is 181 cm³/mol. The van der Waals surface area contributed by atoms with Gasteiger partial charge in [0, 0.05) is 29.1 Å². The first-order valence-corrected chi connectivity index (χ1v) is 14.8. The number of fused-ring (bicyclic) bond motifs is 7. The summed E-state index contributed by atoms with van der Waals surface area (Å²) in [6.45, 7) is 0.757. The van der Waals surface area contributed by atoms with Crippen molar-refractivity contribution in [1.82, 2.24) is 9.47 Å². The highest BCUT2D eigenvalue weighted by Crippen LogP contribution is 2.39. The largest absolute Gasteiger partial charge is 0.307 e. The molecule has 43 heavy (non-hydrogen) atoms. The molecule has 9 rings (SSSR count). The molecule has 7 aromatic rings. The monoisotopic (exact) mass is 549 g/mol. The molecular weight excluding hydrogens is 522 g/mol. The molecule has 2 aliphatic rings. The van der Waals surface area contributed by atoms with Crippen LogP contribution in [0.4, 0.5) is 0 Å². The van der Waals surface area contributed by atoms with Gasteiger partial charge in [-0.05, 0) is 62.5 Å². The van der Waals surface area contributed by atoms with Gasteiger partial charge in [-0.1, -0.05) is 121 Å². The molecule has 0 unspecified atom stereocenters. The van der Waals surface area contributed by atoms with Crippen LogP contribution in [0, 0.1) is 0 Å². The summed E-state index contributed by atoms with van der Waals surface area (Å²) in [7, 11) is 0. The van der Waals surface area contributed by atoms with Crippen molar-refractivity contribution < 1.29 is 0 Å². The van der Waals surface area contributed by atoms with Crippen LogP contribution in [0.3, 0.4) is 0 Å². The molecule has 0 N–H and O–H groups in total. The summed E-state index contributed by atoms with van der Waals surface area (Å²) in [5.41, 5.74) is 8.23. The minimum atomic E-state index is 0.757. The van der Waals surface area contributed by atoms with Crippen molar-refractivity contribution in [1.29, 1.82) is 0 Å². The second-order valence-electron chi connectivity index (χ2n) is 11.2. The summed E-state index contributed by atoms with van der Waals surface area (Å²) in [5, 5.41) is 7.54. The summed E-state index contributed by atoms with van der Waals surface area (Å²) in [6.07, 6.45) is 8.65. The third-order valence-electron chi connectivity index (χ3n) is 8.83. The van der Waals surface area contributed by atoms with Crippen molar-refractivity contribution in [3.63, 3.8) is 0 Å². The fraction of sp³-hybridized carbons (Fsp3) is 0.0250. The Balaban J connectivity index is 1.24. The molecule has 202 valence electrons. The van der Waals surface area contributed by atoms with Crippen molar-refractivity contribution in [3.05, 3.63) is 163 Å². The van der Waals surface area contributed by atoms with Gasteiger partial charge in [0.15, 0.2) is 0 Å². The minimum Gasteiger partial charge on any atom is -0.307 e. The Labute approximate surface area is 249 Å². The Morgan fingerprint density at radius 1 is 0.581 bits per heavy atom. The quantitative estimate of drug-likeness (QED) is 0.210. The molecule has 1 aromatic heterocycles. The van der Waals surface area contributed by atoms with Gasteiger partial charge in [-0.15, -0.1) is 0 Å². The molecule has 0 bridgehead atoms. The molecule has 0 aliphatic carbocycles. The maximum Gasteiger partial charge on any atom is 0.215 e. The number of aliphatic imine (C=N–C) groups is 1. The third kappa shape index (κ3) is 3.65. The number of aromatic nitrogens is 1. The van der Waals surface area contributed by atoms with Crippen LogP contribution >= 0.6 is 0 Å². The molecule has 3 heteroatoms.